The Morgan fingerprint density at radius 3 is 2.95 bits per heavy atom. The van der Waals surface area contributed by atoms with Crippen molar-refractivity contribution in [1.82, 2.24) is 9.88 Å². The van der Waals surface area contributed by atoms with E-state index < -0.39 is 0 Å². The van der Waals surface area contributed by atoms with Gasteiger partial charge in [0.2, 0.25) is 0 Å². The molecule has 2 unspecified atom stereocenters. The van der Waals surface area contributed by atoms with Gasteiger partial charge in [-0.2, -0.15) is 5.26 Å². The van der Waals surface area contributed by atoms with Crippen LogP contribution >= 0.6 is 0 Å². The normalized spacial score (nSPS) is 23.9. The Labute approximate surface area is 131 Å². The molecule has 2 fully saturated rings. The lowest BCUT2D eigenvalue weighted by Crippen LogP contribution is -2.50. The van der Waals surface area contributed by atoms with E-state index in [-0.39, 0.29) is 0 Å². The van der Waals surface area contributed by atoms with Gasteiger partial charge in [-0.1, -0.05) is 0 Å². The monoisotopic (exact) mass is 302 g/mol. The number of nitrogens with one attached hydrogen (secondary N) is 1. The molecule has 118 valence electrons. The molecule has 0 spiro atoms. The summed E-state index contributed by atoms with van der Waals surface area (Å²) >= 11 is 0. The van der Waals surface area contributed by atoms with E-state index in [9.17, 15) is 0 Å². The summed E-state index contributed by atoms with van der Waals surface area (Å²) < 4.78 is 11.0. The number of aromatic nitrogens is 1. The quantitative estimate of drug-likeness (QED) is 0.878. The zero-order valence-electron chi connectivity index (χ0n) is 12.7. The molecule has 0 amide bonds. The van der Waals surface area contributed by atoms with Crippen LogP contribution < -0.4 is 5.32 Å². The van der Waals surface area contributed by atoms with Crippen LogP contribution in [-0.4, -0.2) is 62.0 Å². The molecular weight excluding hydrogens is 280 g/mol. The number of ether oxygens (including phenoxy) is 2. The van der Waals surface area contributed by atoms with E-state index in [0.717, 1.165) is 52.5 Å². The smallest absolute Gasteiger partial charge is 0.143 e. The number of anilines is 1. The maximum absolute atomic E-state index is 9.17. The maximum atomic E-state index is 9.17. The van der Waals surface area contributed by atoms with Crippen molar-refractivity contribution in [1.29, 1.82) is 5.26 Å². The van der Waals surface area contributed by atoms with Gasteiger partial charge in [-0.25, -0.2) is 4.98 Å². The molecule has 6 nitrogen and oxygen atoms in total. The molecule has 22 heavy (non-hydrogen) atoms. The van der Waals surface area contributed by atoms with Gasteiger partial charge in [0.25, 0.3) is 0 Å². The Morgan fingerprint density at radius 2 is 2.23 bits per heavy atom. The molecule has 2 aliphatic rings. The first kappa shape index (κ1) is 15.2. The molecule has 1 aromatic heterocycles. The zero-order chi connectivity index (χ0) is 15.2. The summed E-state index contributed by atoms with van der Waals surface area (Å²) in [5.41, 5.74) is 0.589. The van der Waals surface area contributed by atoms with Gasteiger partial charge in [-0.05, 0) is 18.6 Å². The molecule has 0 aromatic carbocycles. The van der Waals surface area contributed by atoms with Crippen LogP contribution in [0.25, 0.3) is 0 Å². The number of nitriles is 1. The molecule has 1 aromatic rings. The molecule has 3 rings (SSSR count). The number of nitrogens with zero attached hydrogens (tertiary/aromatic N) is 3. The fourth-order valence-corrected chi connectivity index (χ4v) is 3.20. The van der Waals surface area contributed by atoms with Crippen molar-refractivity contribution in [3.8, 4) is 6.07 Å². The van der Waals surface area contributed by atoms with Crippen LogP contribution in [0.5, 0.6) is 0 Å². The summed E-state index contributed by atoms with van der Waals surface area (Å²) in [5, 5.41) is 12.5. The number of hydrogen-bond acceptors (Lipinski definition) is 6. The first-order chi connectivity index (χ1) is 10.9. The van der Waals surface area contributed by atoms with Gasteiger partial charge in [0.1, 0.15) is 11.9 Å². The summed E-state index contributed by atoms with van der Waals surface area (Å²) in [6, 6.07) is 6.15. The van der Waals surface area contributed by atoms with Crippen molar-refractivity contribution in [2.24, 2.45) is 5.92 Å². The summed E-state index contributed by atoms with van der Waals surface area (Å²) in [6.07, 6.45) is 2.81. The largest absolute Gasteiger partial charge is 0.381 e. The van der Waals surface area contributed by atoms with E-state index in [4.69, 9.17) is 14.7 Å². The van der Waals surface area contributed by atoms with Gasteiger partial charge in [0.15, 0.2) is 0 Å². The van der Waals surface area contributed by atoms with E-state index in [0.29, 0.717) is 23.3 Å². The Morgan fingerprint density at radius 1 is 1.36 bits per heavy atom. The molecule has 0 radical (unpaired) electrons. The lowest BCUT2D eigenvalue weighted by atomic mass is 9.97. The van der Waals surface area contributed by atoms with Crippen LogP contribution in [0.15, 0.2) is 18.3 Å². The predicted molar refractivity (Wildman–Crippen MR) is 82.5 cm³/mol. The Hall–Kier alpha value is -1.68. The average Bonchev–Trinajstić information content (AvgIpc) is 3.11. The molecule has 2 aliphatic heterocycles. The van der Waals surface area contributed by atoms with Crippen molar-refractivity contribution in [2.45, 2.75) is 12.5 Å². The molecular formula is C16H22N4O2. The van der Waals surface area contributed by atoms with Crippen molar-refractivity contribution in [2.75, 3.05) is 51.4 Å². The van der Waals surface area contributed by atoms with E-state index >= 15 is 0 Å². The van der Waals surface area contributed by atoms with Gasteiger partial charge >= 0.3 is 0 Å². The SMILES string of the molecule is N#Cc1cccnc1NCC(C1CCOC1)N1CCOCC1. The van der Waals surface area contributed by atoms with Gasteiger partial charge in [0.05, 0.1) is 25.4 Å². The fourth-order valence-electron chi connectivity index (χ4n) is 3.20. The van der Waals surface area contributed by atoms with E-state index in [1.54, 1.807) is 18.3 Å². The number of hydrogen-bond donors (Lipinski definition) is 1. The fraction of sp³-hybridized carbons (Fsp3) is 0.625. The Bertz CT molecular complexity index is 519. The van der Waals surface area contributed by atoms with Crippen LogP contribution in [0.1, 0.15) is 12.0 Å². The van der Waals surface area contributed by atoms with Crippen molar-refractivity contribution in [3.05, 3.63) is 23.9 Å². The molecule has 0 saturated carbocycles. The lowest BCUT2D eigenvalue weighted by Gasteiger charge is -2.37. The zero-order valence-corrected chi connectivity index (χ0v) is 12.7. The Balaban J connectivity index is 1.68. The first-order valence-electron chi connectivity index (χ1n) is 7.87. The first-order valence-corrected chi connectivity index (χ1v) is 7.87. The molecule has 3 heterocycles. The average molecular weight is 302 g/mol. The highest BCUT2D eigenvalue weighted by Crippen LogP contribution is 2.23. The molecule has 1 N–H and O–H groups in total. The van der Waals surface area contributed by atoms with Gasteiger partial charge in [-0.3, -0.25) is 4.90 Å². The Kier molecular flexibility index (Phi) is 5.22. The second-order valence-electron chi connectivity index (χ2n) is 5.73. The minimum Gasteiger partial charge on any atom is -0.381 e. The van der Waals surface area contributed by atoms with Crippen molar-refractivity contribution < 1.29 is 9.47 Å². The highest BCUT2D eigenvalue weighted by molar-refractivity contribution is 5.51. The van der Waals surface area contributed by atoms with E-state index in [1.165, 1.54) is 0 Å². The maximum Gasteiger partial charge on any atom is 0.143 e. The number of pyridine rings is 1. The molecule has 0 bridgehead atoms. The lowest BCUT2D eigenvalue weighted by molar-refractivity contribution is 0.00460. The summed E-state index contributed by atoms with van der Waals surface area (Å²) in [6.45, 7) is 5.93. The highest BCUT2D eigenvalue weighted by Gasteiger charge is 2.31. The van der Waals surface area contributed by atoms with Crippen LogP contribution in [0.2, 0.25) is 0 Å². The molecule has 2 atom stereocenters. The third-order valence-corrected chi connectivity index (χ3v) is 4.43. The minimum atomic E-state index is 0.389. The van der Waals surface area contributed by atoms with Crippen molar-refractivity contribution >= 4 is 5.82 Å². The predicted octanol–water partition coefficient (Wildman–Crippen LogP) is 1.10. The second-order valence-corrected chi connectivity index (χ2v) is 5.73. The summed E-state index contributed by atoms with van der Waals surface area (Å²) in [4.78, 5) is 6.76. The van der Waals surface area contributed by atoms with Crippen LogP contribution in [0, 0.1) is 17.2 Å². The third-order valence-electron chi connectivity index (χ3n) is 4.43. The molecule has 2 saturated heterocycles. The van der Waals surface area contributed by atoms with Crippen molar-refractivity contribution in [3.63, 3.8) is 0 Å². The highest BCUT2D eigenvalue weighted by atomic mass is 16.5. The number of morpholine rings is 1. The van der Waals surface area contributed by atoms with E-state index in [1.807, 2.05) is 0 Å². The molecule has 6 heteroatoms. The van der Waals surface area contributed by atoms with E-state index in [2.05, 4.69) is 21.3 Å². The summed E-state index contributed by atoms with van der Waals surface area (Å²) in [7, 11) is 0. The standard InChI is InChI=1S/C16H22N4O2/c17-10-13-2-1-4-18-16(13)19-11-15(14-3-7-22-12-14)20-5-8-21-9-6-20/h1-2,4,14-15H,3,5-9,11-12H2,(H,18,19). The van der Waals surface area contributed by atoms with Gasteiger partial charge in [0, 0.05) is 44.4 Å². The van der Waals surface area contributed by atoms with Crippen LogP contribution in [0.4, 0.5) is 5.82 Å². The third kappa shape index (κ3) is 3.55. The minimum absolute atomic E-state index is 0.389. The summed E-state index contributed by atoms with van der Waals surface area (Å²) in [5.74, 6) is 1.20. The van der Waals surface area contributed by atoms with Crippen LogP contribution in [-0.2, 0) is 9.47 Å². The second kappa shape index (κ2) is 7.54. The van der Waals surface area contributed by atoms with Gasteiger partial charge < -0.3 is 14.8 Å². The molecule has 0 aliphatic carbocycles. The topological polar surface area (TPSA) is 70.4 Å². The van der Waals surface area contributed by atoms with Crippen LogP contribution in [0.3, 0.4) is 0 Å². The van der Waals surface area contributed by atoms with Gasteiger partial charge in [-0.15, -0.1) is 0 Å². The number of rotatable bonds is 5.